The molecule has 0 spiro atoms. The van der Waals surface area contributed by atoms with Crippen LogP contribution in [0, 0.1) is 6.92 Å². The lowest BCUT2D eigenvalue weighted by Crippen LogP contribution is -2.30. The SMILES string of the molecule is [2H]C1(c2ccc(-c3cc[n+](C)c(-c4cc5oc6cc7ccccc7cc6c5cc4C)c3)cc2)CCCCC1. The smallest absolute Gasteiger partial charge is 0.213 e. The molecule has 6 aromatic rings. The predicted octanol–water partition coefficient (Wildman–Crippen LogP) is 9.25. The monoisotopic (exact) mass is 483 g/mol. The van der Waals surface area contributed by atoms with Crippen LogP contribution in [0.5, 0.6) is 0 Å². The molecule has 1 aliphatic rings. The quantitative estimate of drug-likeness (QED) is 0.229. The van der Waals surface area contributed by atoms with Crippen molar-refractivity contribution in [2.45, 2.75) is 44.9 Å². The summed E-state index contributed by atoms with van der Waals surface area (Å²) < 4.78 is 17.5. The minimum Gasteiger partial charge on any atom is -0.456 e. The highest BCUT2D eigenvalue weighted by atomic mass is 16.3. The molecule has 0 atom stereocenters. The first-order chi connectivity index (χ1) is 18.5. The van der Waals surface area contributed by atoms with Crippen LogP contribution in [0.25, 0.3) is 55.1 Å². The van der Waals surface area contributed by atoms with Gasteiger partial charge in [0.05, 0.1) is 5.56 Å². The number of fused-ring (bicyclic) bond motifs is 4. The van der Waals surface area contributed by atoms with Gasteiger partial charge in [0.25, 0.3) is 0 Å². The van der Waals surface area contributed by atoms with E-state index in [1.807, 2.05) is 0 Å². The molecule has 7 rings (SSSR count). The minimum absolute atomic E-state index is 0.421. The van der Waals surface area contributed by atoms with Crippen LogP contribution in [-0.4, -0.2) is 0 Å². The van der Waals surface area contributed by atoms with Crippen molar-refractivity contribution in [3.8, 4) is 22.4 Å². The third kappa shape index (κ3) is 3.92. The van der Waals surface area contributed by atoms with Gasteiger partial charge in [-0.05, 0) is 83.0 Å². The van der Waals surface area contributed by atoms with Crippen LogP contribution in [0.2, 0.25) is 0 Å². The molecule has 2 nitrogen and oxygen atoms in total. The van der Waals surface area contributed by atoms with Gasteiger partial charge in [-0.15, -0.1) is 0 Å². The second kappa shape index (κ2) is 8.88. The number of hydrogen-bond donors (Lipinski definition) is 0. The zero-order valence-electron chi connectivity index (χ0n) is 22.6. The van der Waals surface area contributed by atoms with Crippen molar-refractivity contribution in [3.63, 3.8) is 0 Å². The van der Waals surface area contributed by atoms with Crippen LogP contribution >= 0.6 is 0 Å². The van der Waals surface area contributed by atoms with E-state index in [0.717, 1.165) is 58.9 Å². The molecule has 0 unspecified atom stereocenters. The zero-order chi connectivity index (χ0) is 25.9. The number of aryl methyl sites for hydroxylation is 2. The molecule has 1 aliphatic carbocycles. The number of aromatic nitrogens is 1. The number of rotatable bonds is 3. The van der Waals surface area contributed by atoms with Gasteiger partial charge in [-0.2, -0.15) is 0 Å². The maximum absolute atomic E-state index is 8.97. The van der Waals surface area contributed by atoms with E-state index < -0.39 is 5.89 Å². The molecule has 37 heavy (non-hydrogen) atoms. The van der Waals surface area contributed by atoms with Gasteiger partial charge in [0.2, 0.25) is 5.69 Å². The Morgan fingerprint density at radius 3 is 2.24 bits per heavy atom. The van der Waals surface area contributed by atoms with Gasteiger partial charge in [0.1, 0.15) is 18.2 Å². The minimum atomic E-state index is -0.421. The van der Waals surface area contributed by atoms with Crippen LogP contribution in [0.1, 0.15) is 50.5 Å². The highest BCUT2D eigenvalue weighted by molar-refractivity contribution is 6.11. The summed E-state index contributed by atoms with van der Waals surface area (Å²) in [6.07, 6.45) is 7.66. The molecule has 4 aromatic carbocycles. The molecule has 2 heterocycles. The Hall–Kier alpha value is -3.91. The summed E-state index contributed by atoms with van der Waals surface area (Å²) in [4.78, 5) is 0. The van der Waals surface area contributed by atoms with Crippen LogP contribution in [0.4, 0.5) is 0 Å². The average Bonchev–Trinajstić information content (AvgIpc) is 3.28. The summed E-state index contributed by atoms with van der Waals surface area (Å²) in [6.45, 7) is 2.19. The largest absolute Gasteiger partial charge is 0.456 e. The standard InChI is InChI=1S/C35H32NO/c1-23-18-31-32-19-27-10-6-7-11-28(27)21-34(32)37-35(31)22-30(23)33-20-29(16-17-36(33)2)26-14-12-25(13-15-26)24-8-4-3-5-9-24/h6-7,10-22,24H,3-5,8-9H2,1-2H3/q+1/i24D. The Bertz CT molecular complexity index is 1820. The summed E-state index contributed by atoms with van der Waals surface area (Å²) in [5, 5.41) is 4.75. The van der Waals surface area contributed by atoms with E-state index in [1.54, 1.807) is 0 Å². The first-order valence-corrected chi connectivity index (χ1v) is 13.5. The van der Waals surface area contributed by atoms with E-state index >= 15 is 0 Å². The molecule has 0 radical (unpaired) electrons. The number of pyridine rings is 1. The fourth-order valence-corrected chi connectivity index (χ4v) is 6.07. The third-order valence-electron chi connectivity index (χ3n) is 8.19. The second-order valence-corrected chi connectivity index (χ2v) is 10.6. The normalized spacial score (nSPS) is 15.9. The predicted molar refractivity (Wildman–Crippen MR) is 154 cm³/mol. The molecule has 2 heteroatoms. The van der Waals surface area contributed by atoms with Crippen molar-refractivity contribution in [1.82, 2.24) is 0 Å². The Labute approximate surface area is 219 Å². The summed E-state index contributed by atoms with van der Waals surface area (Å²) in [6, 6.07) is 30.5. The van der Waals surface area contributed by atoms with Gasteiger partial charge in [-0.3, -0.25) is 0 Å². The Morgan fingerprint density at radius 1 is 0.757 bits per heavy atom. The third-order valence-corrected chi connectivity index (χ3v) is 8.19. The first-order valence-electron chi connectivity index (χ1n) is 14.0. The Balaban J connectivity index is 1.30. The fraction of sp³-hybridized carbons (Fsp3) is 0.229. The lowest BCUT2D eigenvalue weighted by molar-refractivity contribution is -0.660. The summed E-state index contributed by atoms with van der Waals surface area (Å²) in [5.74, 6) is -0.421. The van der Waals surface area contributed by atoms with Gasteiger partial charge in [0.15, 0.2) is 6.20 Å². The highest BCUT2D eigenvalue weighted by Crippen LogP contribution is 2.37. The van der Waals surface area contributed by atoms with E-state index in [4.69, 9.17) is 5.79 Å². The number of furan rings is 1. The van der Waals surface area contributed by atoms with E-state index in [9.17, 15) is 0 Å². The van der Waals surface area contributed by atoms with Gasteiger partial charge < -0.3 is 4.42 Å². The lowest BCUT2D eigenvalue weighted by Gasteiger charge is -2.22. The van der Waals surface area contributed by atoms with Crippen molar-refractivity contribution in [2.75, 3.05) is 0 Å². The van der Waals surface area contributed by atoms with Crippen molar-refractivity contribution in [3.05, 3.63) is 102 Å². The molecule has 1 fully saturated rings. The molecule has 0 N–H and O–H groups in total. The van der Waals surface area contributed by atoms with Crippen molar-refractivity contribution in [2.24, 2.45) is 7.05 Å². The molecule has 0 amide bonds. The van der Waals surface area contributed by atoms with Crippen molar-refractivity contribution >= 4 is 32.7 Å². The number of hydrogen-bond acceptors (Lipinski definition) is 1. The van der Waals surface area contributed by atoms with Gasteiger partial charge in [-0.1, -0.05) is 67.8 Å². The van der Waals surface area contributed by atoms with Crippen LogP contribution in [-0.2, 0) is 7.05 Å². The van der Waals surface area contributed by atoms with Gasteiger partial charge in [-0.25, -0.2) is 4.57 Å². The molecule has 182 valence electrons. The zero-order valence-corrected chi connectivity index (χ0v) is 21.6. The Kier molecular flexibility index (Phi) is 5.09. The number of benzene rings is 4. The van der Waals surface area contributed by atoms with E-state index in [-0.39, 0.29) is 0 Å². The van der Waals surface area contributed by atoms with Crippen molar-refractivity contribution in [1.29, 1.82) is 0 Å². The number of nitrogens with zero attached hydrogens (tertiary/aromatic N) is 1. The van der Waals surface area contributed by atoms with Crippen molar-refractivity contribution < 1.29 is 10.4 Å². The molecule has 0 bridgehead atoms. The molecule has 1 saturated carbocycles. The average molecular weight is 484 g/mol. The highest BCUT2D eigenvalue weighted by Gasteiger charge is 2.19. The summed E-state index contributed by atoms with van der Waals surface area (Å²) in [5.41, 5.74) is 8.92. The van der Waals surface area contributed by atoms with Gasteiger partial charge >= 0.3 is 0 Å². The van der Waals surface area contributed by atoms with E-state index in [1.165, 1.54) is 39.4 Å². The Morgan fingerprint density at radius 2 is 1.46 bits per heavy atom. The van der Waals surface area contributed by atoms with Crippen LogP contribution in [0.3, 0.4) is 0 Å². The van der Waals surface area contributed by atoms with E-state index in [0.29, 0.717) is 0 Å². The van der Waals surface area contributed by atoms with Crippen LogP contribution in [0.15, 0.2) is 95.5 Å². The summed E-state index contributed by atoms with van der Waals surface area (Å²) in [7, 11) is 2.10. The topological polar surface area (TPSA) is 17.0 Å². The van der Waals surface area contributed by atoms with Gasteiger partial charge in [0, 0.05) is 24.3 Å². The molecule has 0 saturated heterocycles. The summed E-state index contributed by atoms with van der Waals surface area (Å²) >= 11 is 0. The van der Waals surface area contributed by atoms with Crippen LogP contribution < -0.4 is 4.57 Å². The molecule has 0 aliphatic heterocycles. The first kappa shape index (κ1) is 21.2. The second-order valence-electron chi connectivity index (χ2n) is 10.6. The molecular formula is C35H32NO+. The molecular weight excluding hydrogens is 450 g/mol. The fourth-order valence-electron chi connectivity index (χ4n) is 6.07. The maximum atomic E-state index is 8.97. The lowest BCUT2D eigenvalue weighted by atomic mass is 9.83. The van der Waals surface area contributed by atoms with E-state index in [2.05, 4.69) is 110 Å². The molecule has 2 aromatic heterocycles. The maximum Gasteiger partial charge on any atom is 0.213 e.